The predicted molar refractivity (Wildman–Crippen MR) is 104 cm³/mol. The number of carbonyl (C=O) groups is 1. The van der Waals surface area contributed by atoms with Crippen LogP contribution in [0.25, 0.3) is 0 Å². The summed E-state index contributed by atoms with van der Waals surface area (Å²) >= 11 is 5.41. The van der Waals surface area contributed by atoms with E-state index < -0.39 is 11.0 Å². The minimum Gasteiger partial charge on any atom is -0.377 e. The summed E-state index contributed by atoms with van der Waals surface area (Å²) < 4.78 is 1.74. The molecule has 0 saturated heterocycles. The van der Waals surface area contributed by atoms with Gasteiger partial charge in [0.1, 0.15) is 0 Å². The quantitative estimate of drug-likeness (QED) is 0.264. The van der Waals surface area contributed by atoms with Crippen LogP contribution >= 0.6 is 12.2 Å². The van der Waals surface area contributed by atoms with Crippen LogP contribution in [-0.2, 0) is 0 Å². The van der Waals surface area contributed by atoms with Gasteiger partial charge in [-0.25, -0.2) is 0 Å². The molecule has 7 nitrogen and oxygen atoms in total. The summed E-state index contributed by atoms with van der Waals surface area (Å²) in [6.07, 6.45) is 3.60. The smallest absolute Gasteiger partial charge is 0.270 e. The highest BCUT2D eigenvalue weighted by atomic mass is 32.1. The number of benzene rings is 1. The van der Waals surface area contributed by atoms with E-state index in [-0.39, 0.29) is 11.5 Å². The van der Waals surface area contributed by atoms with Crippen molar-refractivity contribution in [3.63, 3.8) is 0 Å². The first kappa shape index (κ1) is 19.5. The summed E-state index contributed by atoms with van der Waals surface area (Å²) in [6.45, 7) is 2.50. The van der Waals surface area contributed by atoms with Crippen LogP contribution in [0.5, 0.6) is 0 Å². The summed E-state index contributed by atoms with van der Waals surface area (Å²) in [6, 6.07) is 8.62. The molecule has 1 atom stereocenters. The van der Waals surface area contributed by atoms with Gasteiger partial charge in [0, 0.05) is 56.2 Å². The number of nitro benzene ring substituents is 1. The van der Waals surface area contributed by atoms with Crippen molar-refractivity contribution in [1.29, 1.82) is 0 Å². The van der Waals surface area contributed by atoms with E-state index in [1.165, 1.54) is 24.3 Å². The number of nitro groups is 1. The van der Waals surface area contributed by atoms with Crippen LogP contribution in [0.15, 0.2) is 48.8 Å². The highest BCUT2D eigenvalue weighted by Crippen LogP contribution is 2.17. The maximum atomic E-state index is 13.0. The molecule has 8 heteroatoms. The maximum Gasteiger partial charge on any atom is 0.270 e. The van der Waals surface area contributed by atoms with Gasteiger partial charge in [0.2, 0.25) is 5.78 Å². The van der Waals surface area contributed by atoms with Gasteiger partial charge in [0.15, 0.2) is 17.4 Å². The van der Waals surface area contributed by atoms with Crippen LogP contribution in [0.1, 0.15) is 23.3 Å². The number of pyridine rings is 1. The molecule has 0 aliphatic rings. The van der Waals surface area contributed by atoms with E-state index in [1.54, 1.807) is 17.0 Å². The number of Topliss-reactive ketones (excluding diaryl/α,β-unsaturated/α-hetero) is 1. The lowest BCUT2D eigenvalue weighted by molar-refractivity contribution is -0.692. The molecule has 2 aromatic rings. The number of likely N-dealkylation sites (N-methyl/N-ethyl adjacent to an activating group) is 1. The molecule has 1 heterocycles. The van der Waals surface area contributed by atoms with Crippen LogP contribution in [0.4, 0.5) is 11.4 Å². The minimum atomic E-state index is -0.720. The van der Waals surface area contributed by atoms with Gasteiger partial charge in [-0.05, 0) is 19.1 Å². The van der Waals surface area contributed by atoms with Gasteiger partial charge in [0.25, 0.3) is 11.7 Å². The fourth-order valence-electron chi connectivity index (χ4n) is 2.47. The Hall–Kier alpha value is -2.87. The Morgan fingerprint density at radius 3 is 2.27 bits per heavy atom. The second kappa shape index (κ2) is 8.48. The van der Waals surface area contributed by atoms with Crippen LogP contribution in [0.3, 0.4) is 0 Å². The van der Waals surface area contributed by atoms with Crippen molar-refractivity contribution in [3.8, 4) is 0 Å². The van der Waals surface area contributed by atoms with E-state index in [0.717, 1.165) is 5.69 Å². The number of aromatic nitrogens is 1. The first-order valence-corrected chi connectivity index (χ1v) is 8.50. The highest BCUT2D eigenvalue weighted by molar-refractivity contribution is 7.80. The number of rotatable bonds is 7. The molecular weight excluding hydrogens is 352 g/mol. The molecule has 0 bridgehead atoms. The standard InChI is InChI=1S/C18H20N4O3S/c1-4-19-18(26)16(21-11-9-14(10-12-21)20(2)3)17(23)13-5-7-15(8-6-13)22(24)25/h5-12,16H,4H2,1-3H3/p+1. The van der Waals surface area contributed by atoms with Gasteiger partial charge in [-0.3, -0.25) is 14.9 Å². The Balaban J connectivity index is 2.38. The monoisotopic (exact) mass is 373 g/mol. The van der Waals surface area contributed by atoms with Crippen molar-refractivity contribution >= 4 is 34.4 Å². The summed E-state index contributed by atoms with van der Waals surface area (Å²) in [7, 11) is 3.87. The average Bonchev–Trinajstić information content (AvgIpc) is 2.62. The van der Waals surface area contributed by atoms with E-state index in [9.17, 15) is 14.9 Å². The van der Waals surface area contributed by atoms with E-state index in [4.69, 9.17) is 12.2 Å². The van der Waals surface area contributed by atoms with E-state index in [0.29, 0.717) is 17.1 Å². The van der Waals surface area contributed by atoms with Gasteiger partial charge < -0.3 is 10.2 Å². The third-order valence-electron chi connectivity index (χ3n) is 3.86. The van der Waals surface area contributed by atoms with Crippen molar-refractivity contribution in [3.05, 3.63) is 64.5 Å². The molecule has 0 fully saturated rings. The largest absolute Gasteiger partial charge is 0.377 e. The summed E-state index contributed by atoms with van der Waals surface area (Å²) in [5, 5.41) is 13.8. The zero-order valence-corrected chi connectivity index (χ0v) is 15.7. The van der Waals surface area contributed by atoms with Crippen molar-refractivity contribution in [2.75, 3.05) is 25.5 Å². The molecule has 0 spiro atoms. The normalized spacial score (nSPS) is 11.5. The van der Waals surface area contributed by atoms with Crippen LogP contribution in [0.2, 0.25) is 0 Å². The van der Waals surface area contributed by atoms with E-state index >= 15 is 0 Å². The first-order valence-electron chi connectivity index (χ1n) is 8.09. The van der Waals surface area contributed by atoms with E-state index in [2.05, 4.69) is 5.32 Å². The number of anilines is 1. The molecule has 136 valence electrons. The van der Waals surface area contributed by atoms with E-state index in [1.807, 2.05) is 38.1 Å². The lowest BCUT2D eigenvalue weighted by Gasteiger charge is -2.15. The molecule has 1 N–H and O–H groups in total. The lowest BCUT2D eigenvalue weighted by atomic mass is 10.0. The molecular formula is C18H21N4O3S+. The SMILES string of the molecule is CCNC(=S)C(C(=O)c1ccc([N+](=O)[O-])cc1)[n+]1ccc(N(C)C)cc1. The molecule has 1 aromatic heterocycles. The number of ketones is 1. The topological polar surface area (TPSA) is 79.4 Å². The number of hydrogen-bond donors (Lipinski definition) is 1. The van der Waals surface area contributed by atoms with Gasteiger partial charge in [-0.2, -0.15) is 4.57 Å². The Morgan fingerprint density at radius 2 is 1.81 bits per heavy atom. The molecule has 0 amide bonds. The number of carbonyl (C=O) groups excluding carboxylic acids is 1. The molecule has 0 aliphatic carbocycles. The number of nitrogens with zero attached hydrogens (tertiary/aromatic N) is 3. The molecule has 0 saturated carbocycles. The van der Waals surface area contributed by atoms with Crippen molar-refractivity contribution in [2.45, 2.75) is 13.0 Å². The summed E-state index contributed by atoms with van der Waals surface area (Å²) in [4.78, 5) is 25.7. The van der Waals surface area contributed by atoms with Crippen LogP contribution in [-0.4, -0.2) is 36.3 Å². The predicted octanol–water partition coefficient (Wildman–Crippen LogP) is 2.31. The Kier molecular flexibility index (Phi) is 6.35. The Morgan fingerprint density at radius 1 is 1.23 bits per heavy atom. The molecule has 0 radical (unpaired) electrons. The number of nitrogens with one attached hydrogen (secondary N) is 1. The fourth-order valence-corrected chi connectivity index (χ4v) is 2.84. The third kappa shape index (κ3) is 4.40. The van der Waals surface area contributed by atoms with Gasteiger partial charge >= 0.3 is 0 Å². The zero-order valence-electron chi connectivity index (χ0n) is 14.9. The molecule has 1 aromatic carbocycles. The van der Waals surface area contributed by atoms with Gasteiger partial charge in [-0.1, -0.05) is 12.2 Å². The lowest BCUT2D eigenvalue weighted by Crippen LogP contribution is -2.51. The van der Waals surface area contributed by atoms with Gasteiger partial charge in [-0.15, -0.1) is 0 Å². The van der Waals surface area contributed by atoms with Crippen molar-refractivity contribution < 1.29 is 14.3 Å². The van der Waals surface area contributed by atoms with Crippen molar-refractivity contribution in [2.24, 2.45) is 0 Å². The third-order valence-corrected chi connectivity index (χ3v) is 4.23. The zero-order chi connectivity index (χ0) is 19.3. The Bertz CT molecular complexity index is 804. The molecule has 1 unspecified atom stereocenters. The Labute approximate surface area is 157 Å². The average molecular weight is 373 g/mol. The second-order valence-electron chi connectivity index (χ2n) is 5.86. The number of non-ortho nitro benzene ring substituents is 1. The minimum absolute atomic E-state index is 0.0599. The molecule has 0 aliphatic heterocycles. The number of hydrogen-bond acceptors (Lipinski definition) is 5. The fraction of sp³-hybridized carbons (Fsp3) is 0.278. The second-order valence-corrected chi connectivity index (χ2v) is 6.30. The first-order chi connectivity index (χ1) is 12.3. The molecule has 26 heavy (non-hydrogen) atoms. The van der Waals surface area contributed by atoms with Crippen LogP contribution in [0, 0.1) is 10.1 Å². The van der Waals surface area contributed by atoms with Gasteiger partial charge in [0.05, 0.1) is 4.92 Å². The summed E-state index contributed by atoms with van der Waals surface area (Å²) in [5.41, 5.74) is 1.30. The maximum absolute atomic E-state index is 13.0. The number of thiocarbonyl (C=S) groups is 1. The summed E-state index contributed by atoms with van der Waals surface area (Å²) in [5.74, 6) is -0.228. The van der Waals surface area contributed by atoms with Crippen molar-refractivity contribution in [1.82, 2.24) is 5.32 Å². The van der Waals surface area contributed by atoms with Crippen LogP contribution < -0.4 is 14.8 Å². The highest BCUT2D eigenvalue weighted by Gasteiger charge is 2.33. The molecule has 2 rings (SSSR count).